The zero-order chi connectivity index (χ0) is 13.0. The van der Waals surface area contributed by atoms with Crippen LogP contribution in [0.4, 0.5) is 0 Å². The minimum atomic E-state index is 0.740. The van der Waals surface area contributed by atoms with Gasteiger partial charge >= 0.3 is 0 Å². The monoisotopic (exact) mass is 294 g/mol. The van der Waals surface area contributed by atoms with E-state index in [0.29, 0.717) is 0 Å². The lowest BCUT2D eigenvalue weighted by Gasteiger charge is -1.98. The number of nitriles is 1. The van der Waals surface area contributed by atoms with E-state index in [1.54, 1.807) is 11.8 Å². The van der Waals surface area contributed by atoms with Crippen LogP contribution in [0.25, 0.3) is 0 Å². The molecular weight excluding hydrogens is 284 g/mol. The lowest BCUT2D eigenvalue weighted by molar-refractivity contribution is 1.03. The third kappa shape index (κ3) is 3.26. The quantitative estimate of drug-likeness (QED) is 0.778. The average Bonchev–Trinajstić information content (AvgIpc) is 2.80. The normalized spacial score (nSPS) is 10.3. The van der Waals surface area contributed by atoms with Crippen LogP contribution in [0, 0.1) is 11.3 Å². The van der Waals surface area contributed by atoms with E-state index in [-0.39, 0.29) is 0 Å². The van der Waals surface area contributed by atoms with Gasteiger partial charge < -0.3 is 0 Å². The Morgan fingerprint density at radius 3 is 2.67 bits per heavy atom. The minimum Gasteiger partial charge on any atom is -0.244 e. The zero-order valence-electron chi connectivity index (χ0n) is 9.81. The predicted molar refractivity (Wildman–Crippen MR) is 77.2 cm³/mol. The van der Waals surface area contributed by atoms with Crippen LogP contribution in [0.5, 0.6) is 0 Å². The van der Waals surface area contributed by atoms with Gasteiger partial charge in [-0.3, -0.25) is 0 Å². The van der Waals surface area contributed by atoms with Crippen molar-refractivity contribution in [3.8, 4) is 6.07 Å². The van der Waals surface area contributed by atoms with E-state index in [9.17, 15) is 0 Å². The third-order valence-electron chi connectivity index (χ3n) is 2.35. The molecule has 1 aromatic carbocycles. The van der Waals surface area contributed by atoms with Gasteiger partial charge in [-0.05, 0) is 30.7 Å². The summed E-state index contributed by atoms with van der Waals surface area (Å²) in [6.07, 6.45) is 0.811. The Balaban J connectivity index is 2.04. The maximum atomic E-state index is 8.98. The fraction of sp³-hybridized carbons (Fsp3) is 0.231. The van der Waals surface area contributed by atoms with Crippen molar-refractivity contribution in [3.63, 3.8) is 0 Å². The van der Waals surface area contributed by atoms with Crippen LogP contribution in [0.15, 0.2) is 29.2 Å². The van der Waals surface area contributed by atoms with Gasteiger partial charge in [0.2, 0.25) is 0 Å². The second-order valence-corrected chi connectivity index (χ2v) is 6.16. The molecule has 0 aliphatic heterocycles. The van der Waals surface area contributed by atoms with Crippen molar-refractivity contribution in [3.05, 3.63) is 44.9 Å². The molecule has 0 spiro atoms. The van der Waals surface area contributed by atoms with Gasteiger partial charge in [-0.25, -0.2) is 4.98 Å². The van der Waals surface area contributed by atoms with Crippen LogP contribution >= 0.6 is 34.7 Å². The van der Waals surface area contributed by atoms with Crippen molar-refractivity contribution in [1.29, 1.82) is 5.26 Å². The summed E-state index contributed by atoms with van der Waals surface area (Å²) in [5.74, 6) is 0.793. The van der Waals surface area contributed by atoms with Crippen LogP contribution < -0.4 is 0 Å². The maximum Gasteiger partial charge on any atom is 0.128 e. The van der Waals surface area contributed by atoms with Crippen molar-refractivity contribution in [1.82, 2.24) is 4.98 Å². The van der Waals surface area contributed by atoms with Crippen molar-refractivity contribution >= 4 is 34.7 Å². The molecule has 1 heterocycles. The highest BCUT2D eigenvalue weighted by Crippen LogP contribution is 2.27. The van der Waals surface area contributed by atoms with Crippen LogP contribution in [0.3, 0.4) is 0 Å². The second-order valence-electron chi connectivity index (χ2n) is 3.59. The summed E-state index contributed by atoms with van der Waals surface area (Å²) in [5, 5.41) is 10.7. The fourth-order valence-electron chi connectivity index (χ4n) is 1.47. The molecule has 0 saturated heterocycles. The molecule has 2 nitrogen and oxygen atoms in total. The minimum absolute atomic E-state index is 0.740. The van der Waals surface area contributed by atoms with E-state index in [1.165, 1.54) is 11.3 Å². The van der Waals surface area contributed by atoms with E-state index in [1.807, 2.05) is 31.2 Å². The lowest BCUT2D eigenvalue weighted by Crippen LogP contribution is -1.84. The molecule has 2 aromatic rings. The molecule has 0 bridgehead atoms. The van der Waals surface area contributed by atoms with E-state index in [4.69, 9.17) is 16.9 Å². The highest BCUT2D eigenvalue weighted by molar-refractivity contribution is 7.98. The first-order chi connectivity index (χ1) is 8.72. The number of hydrogen-bond donors (Lipinski definition) is 0. The summed E-state index contributed by atoms with van der Waals surface area (Å²) >= 11 is 9.03. The third-order valence-corrected chi connectivity index (χ3v) is 4.81. The van der Waals surface area contributed by atoms with E-state index < -0.39 is 0 Å². The van der Waals surface area contributed by atoms with Crippen molar-refractivity contribution in [2.24, 2.45) is 0 Å². The molecule has 1 aromatic heterocycles. The highest BCUT2D eigenvalue weighted by Gasteiger charge is 2.09. The number of nitrogens with zero attached hydrogens (tertiary/aromatic N) is 2. The molecule has 0 aliphatic carbocycles. The van der Waals surface area contributed by atoms with Crippen molar-refractivity contribution in [2.75, 3.05) is 0 Å². The molecule has 0 radical (unpaired) electrons. The fourth-order valence-corrected chi connectivity index (χ4v) is 3.43. The first-order valence-corrected chi connectivity index (χ1v) is 7.68. The molecule has 0 N–H and O–H groups in total. The zero-order valence-corrected chi connectivity index (χ0v) is 12.2. The van der Waals surface area contributed by atoms with Gasteiger partial charge in [0.05, 0.1) is 11.4 Å². The number of rotatable bonds is 4. The van der Waals surface area contributed by atoms with Crippen molar-refractivity contribution in [2.45, 2.75) is 24.0 Å². The summed E-state index contributed by atoms with van der Waals surface area (Å²) in [5.41, 5.74) is 0.911. The number of hydrogen-bond acceptors (Lipinski definition) is 4. The molecule has 0 unspecified atom stereocenters. The Morgan fingerprint density at radius 2 is 2.11 bits per heavy atom. The Morgan fingerprint density at radius 1 is 1.39 bits per heavy atom. The number of benzene rings is 1. The lowest BCUT2D eigenvalue weighted by atomic mass is 10.3. The SMILES string of the molecule is CCc1nc(CSc2ccc(Cl)cc2)sc1C#N. The molecule has 0 aliphatic rings. The van der Waals surface area contributed by atoms with Gasteiger partial charge in [-0.15, -0.1) is 23.1 Å². The first kappa shape index (κ1) is 13.4. The summed E-state index contributed by atoms with van der Waals surface area (Å²) in [4.78, 5) is 6.38. The van der Waals surface area contributed by atoms with Gasteiger partial charge in [-0.1, -0.05) is 18.5 Å². The van der Waals surface area contributed by atoms with Crippen LogP contribution in [-0.2, 0) is 12.2 Å². The predicted octanol–water partition coefficient (Wildman–Crippen LogP) is 4.52. The van der Waals surface area contributed by atoms with Gasteiger partial charge in [0.1, 0.15) is 16.0 Å². The van der Waals surface area contributed by atoms with Crippen LogP contribution in [0.1, 0.15) is 22.5 Å². The molecule has 2 rings (SSSR count). The van der Waals surface area contributed by atoms with Crippen molar-refractivity contribution < 1.29 is 0 Å². The summed E-state index contributed by atoms with van der Waals surface area (Å²) in [6, 6.07) is 9.94. The topological polar surface area (TPSA) is 36.7 Å². The summed E-state index contributed by atoms with van der Waals surface area (Å²) in [6.45, 7) is 2.02. The second kappa shape index (κ2) is 6.24. The Hall–Kier alpha value is -1.02. The number of halogens is 1. The standard InChI is InChI=1S/C13H11ClN2S2/c1-2-11-12(7-15)18-13(16-11)8-17-10-5-3-9(14)4-6-10/h3-6H,2,8H2,1H3. The Labute approximate surface area is 120 Å². The number of thiazole rings is 1. The molecular formula is C13H11ClN2S2. The molecule has 0 saturated carbocycles. The Bertz CT molecular complexity index is 570. The summed E-state index contributed by atoms with van der Waals surface area (Å²) in [7, 11) is 0. The molecule has 92 valence electrons. The largest absolute Gasteiger partial charge is 0.244 e. The maximum absolute atomic E-state index is 8.98. The Kier molecular flexibility index (Phi) is 4.65. The van der Waals surface area contributed by atoms with E-state index in [0.717, 1.165) is 37.7 Å². The van der Waals surface area contributed by atoms with Gasteiger partial charge in [0.25, 0.3) is 0 Å². The number of thioether (sulfide) groups is 1. The smallest absolute Gasteiger partial charge is 0.128 e. The molecule has 18 heavy (non-hydrogen) atoms. The van der Waals surface area contributed by atoms with E-state index in [2.05, 4.69) is 11.1 Å². The first-order valence-electron chi connectivity index (χ1n) is 5.50. The van der Waals surface area contributed by atoms with E-state index >= 15 is 0 Å². The molecule has 0 atom stereocenters. The number of aryl methyl sites for hydroxylation is 1. The summed E-state index contributed by atoms with van der Waals surface area (Å²) < 4.78 is 0. The van der Waals surface area contributed by atoms with Gasteiger partial charge in [0.15, 0.2) is 0 Å². The molecule has 0 amide bonds. The van der Waals surface area contributed by atoms with Gasteiger partial charge in [-0.2, -0.15) is 5.26 Å². The molecule has 5 heteroatoms. The average molecular weight is 295 g/mol. The van der Waals surface area contributed by atoms with Crippen LogP contribution in [0.2, 0.25) is 5.02 Å². The molecule has 0 fully saturated rings. The van der Waals surface area contributed by atoms with Crippen LogP contribution in [-0.4, -0.2) is 4.98 Å². The number of aromatic nitrogens is 1. The highest BCUT2D eigenvalue weighted by atomic mass is 35.5. The van der Waals surface area contributed by atoms with Gasteiger partial charge in [0, 0.05) is 9.92 Å².